The van der Waals surface area contributed by atoms with Crippen molar-refractivity contribution in [1.82, 2.24) is 10.1 Å². The van der Waals surface area contributed by atoms with Crippen LogP contribution in [0.4, 0.5) is 4.39 Å². The van der Waals surface area contributed by atoms with Crippen molar-refractivity contribution in [1.29, 1.82) is 0 Å². The molecule has 4 nitrogen and oxygen atoms in total. The van der Waals surface area contributed by atoms with Crippen molar-refractivity contribution < 1.29 is 8.91 Å². The van der Waals surface area contributed by atoms with E-state index >= 15 is 0 Å². The molecule has 2 N–H and O–H groups in total. The molecular formula is C19H25ClFN3O. The van der Waals surface area contributed by atoms with Crippen molar-refractivity contribution in [2.24, 2.45) is 5.73 Å². The minimum absolute atomic E-state index is 0. The molecule has 2 aliphatic carbocycles. The Morgan fingerprint density at radius 3 is 2.16 bits per heavy atom. The van der Waals surface area contributed by atoms with Gasteiger partial charge in [-0.05, 0) is 43.4 Å². The van der Waals surface area contributed by atoms with E-state index in [0.717, 1.165) is 56.9 Å². The molecule has 136 valence electrons. The van der Waals surface area contributed by atoms with Crippen LogP contribution in [0, 0.1) is 5.82 Å². The summed E-state index contributed by atoms with van der Waals surface area (Å²) in [7, 11) is 0. The van der Waals surface area contributed by atoms with Crippen LogP contribution in [0.25, 0.3) is 0 Å². The maximum absolute atomic E-state index is 13.4. The summed E-state index contributed by atoms with van der Waals surface area (Å²) < 4.78 is 19.1. The van der Waals surface area contributed by atoms with E-state index in [2.05, 4.69) is 5.16 Å². The average molecular weight is 366 g/mol. The van der Waals surface area contributed by atoms with Gasteiger partial charge in [0.15, 0.2) is 5.82 Å². The van der Waals surface area contributed by atoms with Crippen molar-refractivity contribution in [3.05, 3.63) is 47.4 Å². The Morgan fingerprint density at radius 2 is 1.52 bits per heavy atom. The van der Waals surface area contributed by atoms with Gasteiger partial charge in [0.1, 0.15) is 5.82 Å². The first-order valence-corrected chi connectivity index (χ1v) is 9.02. The fourth-order valence-corrected chi connectivity index (χ4v) is 4.40. The third-order valence-corrected chi connectivity index (χ3v) is 5.88. The van der Waals surface area contributed by atoms with Crippen LogP contribution in [-0.2, 0) is 11.0 Å². The molecule has 2 fully saturated rings. The van der Waals surface area contributed by atoms with Gasteiger partial charge in [0.2, 0.25) is 5.89 Å². The molecule has 1 heterocycles. The smallest absolute Gasteiger partial charge is 0.237 e. The highest BCUT2D eigenvalue weighted by Gasteiger charge is 2.43. The molecule has 0 amide bonds. The summed E-state index contributed by atoms with van der Waals surface area (Å²) in [6.07, 6.45) is 9.41. The summed E-state index contributed by atoms with van der Waals surface area (Å²) in [5.41, 5.74) is 6.81. The Bertz CT molecular complexity index is 704. The molecule has 0 unspecified atom stereocenters. The highest BCUT2D eigenvalue weighted by molar-refractivity contribution is 5.85. The fraction of sp³-hybridized carbons (Fsp3) is 0.579. The van der Waals surface area contributed by atoms with E-state index in [4.69, 9.17) is 15.2 Å². The van der Waals surface area contributed by atoms with Crippen LogP contribution in [0.2, 0.25) is 0 Å². The van der Waals surface area contributed by atoms with Gasteiger partial charge in [0, 0.05) is 0 Å². The zero-order valence-corrected chi connectivity index (χ0v) is 15.2. The average Bonchev–Trinajstić information content (AvgIpc) is 3.26. The minimum atomic E-state index is -0.444. The number of benzene rings is 1. The van der Waals surface area contributed by atoms with Gasteiger partial charge in [-0.3, -0.25) is 0 Å². The van der Waals surface area contributed by atoms with Crippen LogP contribution in [0.3, 0.4) is 0 Å². The number of nitrogens with zero attached hydrogens (tertiary/aromatic N) is 2. The third kappa shape index (κ3) is 3.20. The molecule has 0 atom stereocenters. The molecule has 2 aromatic rings. The highest BCUT2D eigenvalue weighted by atomic mass is 35.5. The van der Waals surface area contributed by atoms with Gasteiger partial charge in [-0.25, -0.2) is 4.39 Å². The number of hydrogen-bond acceptors (Lipinski definition) is 4. The molecule has 0 radical (unpaired) electrons. The van der Waals surface area contributed by atoms with E-state index in [-0.39, 0.29) is 23.6 Å². The van der Waals surface area contributed by atoms with Crippen LogP contribution in [0.1, 0.15) is 75.1 Å². The predicted octanol–water partition coefficient (Wildman–Crippen LogP) is 4.61. The molecular weight excluding hydrogens is 341 g/mol. The number of aromatic nitrogens is 2. The van der Waals surface area contributed by atoms with Gasteiger partial charge in [-0.2, -0.15) is 4.98 Å². The van der Waals surface area contributed by atoms with Crippen molar-refractivity contribution in [3.63, 3.8) is 0 Å². The van der Waals surface area contributed by atoms with E-state index in [0.29, 0.717) is 11.7 Å². The second kappa shape index (κ2) is 7.04. The van der Waals surface area contributed by atoms with Crippen LogP contribution in [-0.4, -0.2) is 10.1 Å². The van der Waals surface area contributed by atoms with Gasteiger partial charge in [-0.1, -0.05) is 49.4 Å². The van der Waals surface area contributed by atoms with Gasteiger partial charge in [0.25, 0.3) is 0 Å². The van der Waals surface area contributed by atoms with Crippen LogP contribution < -0.4 is 5.73 Å². The Balaban J connectivity index is 0.00000182. The number of nitrogens with two attached hydrogens (primary N) is 1. The van der Waals surface area contributed by atoms with Gasteiger partial charge in [0.05, 0.1) is 11.0 Å². The Labute approximate surface area is 153 Å². The molecule has 2 aliphatic rings. The maximum Gasteiger partial charge on any atom is 0.237 e. The molecule has 1 aromatic carbocycles. The van der Waals surface area contributed by atoms with E-state index in [9.17, 15) is 4.39 Å². The lowest BCUT2D eigenvalue weighted by molar-refractivity contribution is 0.249. The SMILES string of the molecule is Cl.NC1(c2noc(C3(c4ccc(F)cc4)CCCCC3)n2)CCCC1. The topological polar surface area (TPSA) is 64.9 Å². The predicted molar refractivity (Wildman–Crippen MR) is 96.1 cm³/mol. The van der Waals surface area contributed by atoms with Crippen molar-refractivity contribution in [2.75, 3.05) is 0 Å². The summed E-state index contributed by atoms with van der Waals surface area (Å²) in [6, 6.07) is 6.76. The first-order chi connectivity index (χ1) is 11.6. The Hall–Kier alpha value is -1.46. The molecule has 2 saturated carbocycles. The van der Waals surface area contributed by atoms with E-state index in [1.54, 1.807) is 0 Å². The van der Waals surface area contributed by atoms with Crippen LogP contribution in [0.5, 0.6) is 0 Å². The van der Waals surface area contributed by atoms with E-state index in [1.807, 2.05) is 12.1 Å². The number of hydrogen-bond donors (Lipinski definition) is 1. The van der Waals surface area contributed by atoms with Crippen molar-refractivity contribution >= 4 is 12.4 Å². The zero-order valence-electron chi connectivity index (χ0n) is 14.3. The molecule has 25 heavy (non-hydrogen) atoms. The molecule has 0 saturated heterocycles. The van der Waals surface area contributed by atoms with Crippen molar-refractivity contribution in [2.45, 2.75) is 68.7 Å². The maximum atomic E-state index is 13.4. The summed E-state index contributed by atoms with van der Waals surface area (Å²) in [5.74, 6) is 1.07. The molecule has 1 aromatic heterocycles. The standard InChI is InChI=1S/C19H24FN3O.ClH/c20-15-8-6-14(7-9-15)18(10-2-1-3-11-18)17-22-16(23-24-17)19(21)12-4-5-13-19;/h6-9H,1-5,10-13,21H2;1H. The normalized spacial score (nSPS) is 21.7. The lowest BCUT2D eigenvalue weighted by Crippen LogP contribution is -2.35. The number of halogens is 2. The third-order valence-electron chi connectivity index (χ3n) is 5.88. The summed E-state index contributed by atoms with van der Waals surface area (Å²) in [5, 5.41) is 4.25. The summed E-state index contributed by atoms with van der Waals surface area (Å²) in [4.78, 5) is 4.76. The second-order valence-electron chi connectivity index (χ2n) is 7.44. The lowest BCUT2D eigenvalue weighted by Gasteiger charge is -2.34. The number of rotatable bonds is 3. The highest BCUT2D eigenvalue weighted by Crippen LogP contribution is 2.45. The Kier molecular flexibility index (Phi) is 5.16. The van der Waals surface area contributed by atoms with E-state index in [1.165, 1.54) is 18.6 Å². The molecule has 6 heteroatoms. The lowest BCUT2D eigenvalue weighted by atomic mass is 9.69. The monoisotopic (exact) mass is 365 g/mol. The molecule has 0 bridgehead atoms. The molecule has 0 spiro atoms. The largest absolute Gasteiger partial charge is 0.338 e. The van der Waals surface area contributed by atoms with Gasteiger partial charge >= 0.3 is 0 Å². The quantitative estimate of drug-likeness (QED) is 0.862. The zero-order chi connectivity index (χ0) is 16.6. The van der Waals surface area contributed by atoms with Crippen LogP contribution in [0.15, 0.2) is 28.8 Å². The molecule has 4 rings (SSSR count). The summed E-state index contributed by atoms with van der Waals surface area (Å²) >= 11 is 0. The summed E-state index contributed by atoms with van der Waals surface area (Å²) in [6.45, 7) is 0. The molecule has 0 aliphatic heterocycles. The first kappa shape index (κ1) is 18.3. The first-order valence-electron chi connectivity index (χ1n) is 9.02. The van der Waals surface area contributed by atoms with Crippen molar-refractivity contribution in [3.8, 4) is 0 Å². The van der Waals surface area contributed by atoms with Gasteiger partial charge < -0.3 is 10.3 Å². The Morgan fingerprint density at radius 1 is 0.920 bits per heavy atom. The second-order valence-corrected chi connectivity index (χ2v) is 7.44. The fourth-order valence-electron chi connectivity index (χ4n) is 4.40. The van der Waals surface area contributed by atoms with E-state index < -0.39 is 5.54 Å². The minimum Gasteiger partial charge on any atom is -0.338 e. The van der Waals surface area contributed by atoms with Gasteiger partial charge in [-0.15, -0.1) is 12.4 Å². The van der Waals surface area contributed by atoms with Crippen LogP contribution >= 0.6 is 12.4 Å².